The number of hydrogen-bond donors (Lipinski definition) is 1. The van der Waals surface area contributed by atoms with Gasteiger partial charge >= 0.3 is 6.09 Å². The summed E-state index contributed by atoms with van der Waals surface area (Å²) in [7, 11) is 0. The number of carbonyl (C=O) groups is 1. The summed E-state index contributed by atoms with van der Waals surface area (Å²) < 4.78 is 5.36. The maximum Gasteiger partial charge on any atom is 0.407 e. The van der Waals surface area contributed by atoms with Crippen molar-refractivity contribution in [2.45, 2.75) is 58.2 Å². The number of piperidine rings is 1. The molecule has 0 spiro atoms. The van der Waals surface area contributed by atoms with Gasteiger partial charge in [0, 0.05) is 29.0 Å². The lowest BCUT2D eigenvalue weighted by atomic mass is 9.98. The van der Waals surface area contributed by atoms with Crippen LogP contribution >= 0.6 is 11.6 Å². The van der Waals surface area contributed by atoms with E-state index in [1.165, 1.54) is 0 Å². The summed E-state index contributed by atoms with van der Waals surface area (Å²) in [5, 5.41) is 4.64. The van der Waals surface area contributed by atoms with Gasteiger partial charge in [0.2, 0.25) is 0 Å². The van der Waals surface area contributed by atoms with Gasteiger partial charge in [-0.15, -0.1) is 0 Å². The molecule has 1 amide bonds. The van der Waals surface area contributed by atoms with Crippen molar-refractivity contribution < 1.29 is 9.53 Å². The average Bonchev–Trinajstić information content (AvgIpc) is 2.52. The van der Waals surface area contributed by atoms with Crippen molar-refractivity contribution in [1.29, 1.82) is 0 Å². The van der Waals surface area contributed by atoms with Crippen LogP contribution in [0.5, 0.6) is 0 Å². The highest BCUT2D eigenvalue weighted by Crippen LogP contribution is 2.30. The van der Waals surface area contributed by atoms with E-state index in [4.69, 9.17) is 16.3 Å². The van der Waals surface area contributed by atoms with Crippen molar-refractivity contribution in [3.63, 3.8) is 0 Å². The fourth-order valence-corrected chi connectivity index (χ4v) is 3.50. The van der Waals surface area contributed by atoms with Gasteiger partial charge in [0.05, 0.1) is 5.52 Å². The number of aromatic nitrogens is 2. The van der Waals surface area contributed by atoms with Crippen LogP contribution in [0.25, 0.3) is 10.9 Å². The van der Waals surface area contributed by atoms with Gasteiger partial charge in [-0.05, 0) is 58.7 Å². The molecule has 6 nitrogen and oxygen atoms in total. The molecule has 0 radical (unpaired) electrons. The number of benzene rings is 1. The largest absolute Gasteiger partial charge is 0.444 e. The van der Waals surface area contributed by atoms with E-state index in [0.29, 0.717) is 5.02 Å². The highest BCUT2D eigenvalue weighted by atomic mass is 35.5. The predicted molar refractivity (Wildman–Crippen MR) is 104 cm³/mol. The van der Waals surface area contributed by atoms with Crippen molar-refractivity contribution in [2.75, 3.05) is 11.4 Å². The van der Waals surface area contributed by atoms with Gasteiger partial charge in [-0.1, -0.05) is 11.6 Å². The maximum absolute atomic E-state index is 12.0. The maximum atomic E-state index is 12.0. The Hall–Kier alpha value is -2.08. The molecule has 2 unspecified atom stereocenters. The topological polar surface area (TPSA) is 67.3 Å². The zero-order valence-electron chi connectivity index (χ0n) is 15.6. The van der Waals surface area contributed by atoms with E-state index in [9.17, 15) is 4.79 Å². The first-order chi connectivity index (χ1) is 12.2. The molecule has 0 aliphatic carbocycles. The smallest absolute Gasteiger partial charge is 0.407 e. The third kappa shape index (κ3) is 4.36. The zero-order valence-corrected chi connectivity index (χ0v) is 16.4. The molecule has 1 fully saturated rings. The van der Waals surface area contributed by atoms with Gasteiger partial charge in [0.1, 0.15) is 17.7 Å². The first kappa shape index (κ1) is 18.7. The first-order valence-electron chi connectivity index (χ1n) is 8.89. The predicted octanol–water partition coefficient (Wildman–Crippen LogP) is 4.17. The molecule has 0 saturated carbocycles. The highest BCUT2D eigenvalue weighted by Gasteiger charge is 2.29. The number of rotatable bonds is 2. The summed E-state index contributed by atoms with van der Waals surface area (Å²) >= 11 is 6.07. The Morgan fingerprint density at radius 2 is 2.12 bits per heavy atom. The minimum atomic E-state index is -0.489. The van der Waals surface area contributed by atoms with Crippen LogP contribution in [0, 0.1) is 0 Å². The molecule has 2 aromatic rings. The molecule has 140 valence electrons. The second-order valence-corrected chi connectivity index (χ2v) is 8.21. The molecule has 1 aliphatic heterocycles. The van der Waals surface area contributed by atoms with Gasteiger partial charge in [0.15, 0.2) is 0 Å². The normalized spacial score (nSPS) is 20.9. The van der Waals surface area contributed by atoms with Crippen LogP contribution in [0.3, 0.4) is 0 Å². The van der Waals surface area contributed by atoms with Gasteiger partial charge in [-0.25, -0.2) is 14.8 Å². The molecule has 7 heteroatoms. The van der Waals surface area contributed by atoms with Crippen LogP contribution in [0.15, 0.2) is 24.5 Å². The van der Waals surface area contributed by atoms with E-state index in [1.54, 1.807) is 6.33 Å². The average molecular weight is 377 g/mol. The Morgan fingerprint density at radius 3 is 2.81 bits per heavy atom. The Labute approximate surface area is 158 Å². The molecule has 1 aromatic carbocycles. The van der Waals surface area contributed by atoms with Crippen molar-refractivity contribution in [1.82, 2.24) is 15.3 Å². The van der Waals surface area contributed by atoms with Crippen molar-refractivity contribution in [3.8, 4) is 0 Å². The van der Waals surface area contributed by atoms with Crippen LogP contribution in [0.1, 0.15) is 40.5 Å². The monoisotopic (exact) mass is 376 g/mol. The standard InChI is InChI=1S/C19H25ClN4O2/c1-12-9-14(23-18(25)26-19(2,3)4)7-8-24(12)17-15-6-5-13(20)10-16(15)21-11-22-17/h5-6,10-12,14H,7-9H2,1-4H3,(H,23,25). The summed E-state index contributed by atoms with van der Waals surface area (Å²) in [5.41, 5.74) is 0.348. The van der Waals surface area contributed by atoms with Crippen LogP contribution in [0.2, 0.25) is 5.02 Å². The lowest BCUT2D eigenvalue weighted by Gasteiger charge is -2.39. The van der Waals surface area contributed by atoms with E-state index in [0.717, 1.165) is 36.1 Å². The summed E-state index contributed by atoms with van der Waals surface area (Å²) in [5.74, 6) is 0.912. The second-order valence-electron chi connectivity index (χ2n) is 7.77. The van der Waals surface area contributed by atoms with Gasteiger partial charge < -0.3 is 15.0 Å². The fraction of sp³-hybridized carbons (Fsp3) is 0.526. The number of anilines is 1. The van der Waals surface area contributed by atoms with Crippen molar-refractivity contribution in [2.24, 2.45) is 0 Å². The number of nitrogens with zero attached hydrogens (tertiary/aromatic N) is 3. The molecule has 1 saturated heterocycles. The third-order valence-electron chi connectivity index (χ3n) is 4.45. The number of ether oxygens (including phenoxy) is 1. The zero-order chi connectivity index (χ0) is 18.9. The van der Waals surface area contributed by atoms with Crippen LogP contribution in [-0.4, -0.2) is 40.3 Å². The number of halogens is 1. The van der Waals surface area contributed by atoms with Crippen LogP contribution < -0.4 is 10.2 Å². The number of hydrogen-bond acceptors (Lipinski definition) is 5. The van der Waals surface area contributed by atoms with Gasteiger partial charge in [-0.3, -0.25) is 0 Å². The Morgan fingerprint density at radius 1 is 1.35 bits per heavy atom. The van der Waals surface area contributed by atoms with Gasteiger partial charge in [-0.2, -0.15) is 0 Å². The fourth-order valence-electron chi connectivity index (χ4n) is 3.34. The Balaban J connectivity index is 1.71. The molecular weight excluding hydrogens is 352 g/mol. The molecular formula is C19H25ClN4O2. The molecule has 3 rings (SSSR count). The van der Waals surface area contributed by atoms with E-state index < -0.39 is 5.60 Å². The molecule has 1 aromatic heterocycles. The molecule has 2 heterocycles. The van der Waals surface area contributed by atoms with E-state index in [2.05, 4.69) is 27.1 Å². The SMILES string of the molecule is CC1CC(NC(=O)OC(C)(C)C)CCN1c1ncnc2cc(Cl)ccc12. The lowest BCUT2D eigenvalue weighted by molar-refractivity contribution is 0.0494. The number of fused-ring (bicyclic) bond motifs is 1. The Bertz CT molecular complexity index is 806. The summed E-state index contributed by atoms with van der Waals surface area (Å²) in [4.78, 5) is 23.1. The van der Waals surface area contributed by atoms with E-state index in [-0.39, 0.29) is 18.2 Å². The second kappa shape index (κ2) is 7.27. The molecule has 2 atom stereocenters. The third-order valence-corrected chi connectivity index (χ3v) is 4.68. The Kier molecular flexibility index (Phi) is 5.23. The van der Waals surface area contributed by atoms with Crippen molar-refractivity contribution in [3.05, 3.63) is 29.5 Å². The molecule has 0 bridgehead atoms. The quantitative estimate of drug-likeness (QED) is 0.852. The summed E-state index contributed by atoms with van der Waals surface area (Å²) in [6, 6.07) is 6.00. The lowest BCUT2D eigenvalue weighted by Crippen LogP contribution is -2.50. The van der Waals surface area contributed by atoms with Gasteiger partial charge in [0.25, 0.3) is 0 Å². The van der Waals surface area contributed by atoms with Crippen LogP contribution in [0.4, 0.5) is 10.6 Å². The van der Waals surface area contributed by atoms with E-state index >= 15 is 0 Å². The molecule has 1 aliphatic rings. The molecule has 26 heavy (non-hydrogen) atoms. The van der Waals surface area contributed by atoms with Crippen LogP contribution in [-0.2, 0) is 4.74 Å². The number of amides is 1. The number of nitrogens with one attached hydrogen (secondary N) is 1. The first-order valence-corrected chi connectivity index (χ1v) is 9.27. The molecule has 1 N–H and O–H groups in total. The number of alkyl carbamates (subject to hydrolysis) is 1. The minimum Gasteiger partial charge on any atom is -0.444 e. The van der Waals surface area contributed by atoms with Crippen molar-refractivity contribution >= 4 is 34.4 Å². The minimum absolute atomic E-state index is 0.0960. The summed E-state index contributed by atoms with van der Waals surface area (Å²) in [6.07, 6.45) is 2.89. The highest BCUT2D eigenvalue weighted by molar-refractivity contribution is 6.31. The summed E-state index contributed by atoms with van der Waals surface area (Å²) in [6.45, 7) is 8.54. The van der Waals surface area contributed by atoms with E-state index in [1.807, 2.05) is 39.0 Å². The number of carbonyl (C=O) groups excluding carboxylic acids is 1.